The second-order valence-corrected chi connectivity index (χ2v) is 2.13. The summed E-state index contributed by atoms with van der Waals surface area (Å²) in [4.78, 5) is 10.4. The lowest BCUT2D eigenvalue weighted by Crippen LogP contribution is -2.30. The lowest BCUT2D eigenvalue weighted by molar-refractivity contribution is -0.139. The van der Waals surface area contributed by atoms with Crippen LogP contribution in [0.15, 0.2) is 0 Å². The summed E-state index contributed by atoms with van der Waals surface area (Å²) >= 11 is 0. The fourth-order valence-corrected chi connectivity index (χ4v) is 0.646. The molecule has 0 unspecified atom stereocenters. The zero-order chi connectivity index (χ0) is 6.15. The van der Waals surface area contributed by atoms with Crippen molar-refractivity contribution in [2.75, 3.05) is 6.61 Å². The molecule has 3 heteroatoms. The van der Waals surface area contributed by atoms with E-state index in [0.29, 0.717) is 6.61 Å². The molecule has 0 radical (unpaired) electrons. The van der Waals surface area contributed by atoms with Gasteiger partial charge in [-0.1, -0.05) is 6.92 Å². The van der Waals surface area contributed by atoms with Gasteiger partial charge in [0.25, 0.3) is 0 Å². The van der Waals surface area contributed by atoms with Crippen molar-refractivity contribution in [1.29, 1.82) is 0 Å². The standard InChI is InChI=1S/C5H9NO2/c1-3-2-8-5(7)4(3)6/h3-4H,2,6H2,1H3/t3-,4-/m0/s1. The lowest BCUT2D eigenvalue weighted by atomic mass is 10.1. The lowest BCUT2D eigenvalue weighted by Gasteiger charge is -1.98. The predicted molar refractivity (Wildman–Crippen MR) is 28.1 cm³/mol. The predicted octanol–water partition coefficient (Wildman–Crippen LogP) is -0.493. The highest BCUT2D eigenvalue weighted by atomic mass is 16.5. The molecule has 2 atom stereocenters. The van der Waals surface area contributed by atoms with Crippen molar-refractivity contribution >= 4 is 5.97 Å². The molecule has 0 bridgehead atoms. The number of hydrogen-bond donors (Lipinski definition) is 1. The molecule has 0 aromatic rings. The maximum atomic E-state index is 10.4. The van der Waals surface area contributed by atoms with Gasteiger partial charge in [-0.2, -0.15) is 0 Å². The Morgan fingerprint density at radius 3 is 2.62 bits per heavy atom. The van der Waals surface area contributed by atoms with Crippen LogP contribution in [-0.4, -0.2) is 18.6 Å². The van der Waals surface area contributed by atoms with Gasteiger partial charge in [0.2, 0.25) is 0 Å². The van der Waals surface area contributed by atoms with E-state index in [1.807, 2.05) is 6.92 Å². The summed E-state index contributed by atoms with van der Waals surface area (Å²) in [6.45, 7) is 2.38. The average Bonchev–Trinajstić information content (AvgIpc) is 1.98. The number of rotatable bonds is 0. The van der Waals surface area contributed by atoms with Crippen molar-refractivity contribution in [3.05, 3.63) is 0 Å². The number of carbonyl (C=O) groups is 1. The summed E-state index contributed by atoms with van der Waals surface area (Å²) < 4.78 is 4.61. The molecule has 0 saturated carbocycles. The number of hydrogen-bond acceptors (Lipinski definition) is 3. The summed E-state index contributed by atoms with van der Waals surface area (Å²) in [5.41, 5.74) is 5.35. The van der Waals surface area contributed by atoms with Crippen LogP contribution in [0.25, 0.3) is 0 Å². The minimum Gasteiger partial charge on any atom is -0.464 e. The first-order valence-electron chi connectivity index (χ1n) is 2.64. The Morgan fingerprint density at radius 1 is 1.88 bits per heavy atom. The Morgan fingerprint density at radius 2 is 2.50 bits per heavy atom. The first kappa shape index (κ1) is 5.56. The summed E-state index contributed by atoms with van der Waals surface area (Å²) in [6, 6.07) is -0.380. The number of esters is 1. The third kappa shape index (κ3) is 0.690. The molecule has 8 heavy (non-hydrogen) atoms. The molecule has 0 spiro atoms. The van der Waals surface area contributed by atoms with E-state index in [2.05, 4.69) is 4.74 Å². The fourth-order valence-electron chi connectivity index (χ4n) is 0.646. The molecular weight excluding hydrogens is 106 g/mol. The maximum Gasteiger partial charge on any atom is 0.323 e. The quantitative estimate of drug-likeness (QED) is 0.433. The van der Waals surface area contributed by atoms with Crippen LogP contribution in [0, 0.1) is 5.92 Å². The monoisotopic (exact) mass is 115 g/mol. The molecule has 1 aliphatic heterocycles. The molecule has 1 saturated heterocycles. The van der Waals surface area contributed by atoms with Crippen molar-refractivity contribution in [2.24, 2.45) is 11.7 Å². The number of cyclic esters (lactones) is 1. The van der Waals surface area contributed by atoms with Crippen molar-refractivity contribution in [3.63, 3.8) is 0 Å². The Hall–Kier alpha value is -0.570. The van der Waals surface area contributed by atoms with E-state index in [4.69, 9.17) is 5.73 Å². The fraction of sp³-hybridized carbons (Fsp3) is 0.800. The van der Waals surface area contributed by atoms with Crippen LogP contribution < -0.4 is 5.73 Å². The zero-order valence-corrected chi connectivity index (χ0v) is 4.76. The van der Waals surface area contributed by atoms with Crippen LogP contribution >= 0.6 is 0 Å². The second kappa shape index (κ2) is 1.74. The SMILES string of the molecule is C[C@H]1COC(=O)[C@H]1N. The van der Waals surface area contributed by atoms with Gasteiger partial charge >= 0.3 is 5.97 Å². The van der Waals surface area contributed by atoms with Crippen molar-refractivity contribution in [2.45, 2.75) is 13.0 Å². The molecule has 0 aliphatic carbocycles. The van der Waals surface area contributed by atoms with Crippen LogP contribution in [-0.2, 0) is 9.53 Å². The highest BCUT2D eigenvalue weighted by molar-refractivity contribution is 5.77. The molecule has 1 fully saturated rings. The Labute approximate surface area is 47.8 Å². The van der Waals surface area contributed by atoms with Crippen LogP contribution in [0.5, 0.6) is 0 Å². The van der Waals surface area contributed by atoms with Gasteiger partial charge in [-0.25, -0.2) is 0 Å². The Kier molecular flexibility index (Phi) is 1.21. The minimum atomic E-state index is -0.380. The van der Waals surface area contributed by atoms with Crippen LogP contribution in [0.3, 0.4) is 0 Å². The topological polar surface area (TPSA) is 52.3 Å². The van der Waals surface area contributed by atoms with Gasteiger partial charge in [0.1, 0.15) is 6.04 Å². The molecule has 1 heterocycles. The van der Waals surface area contributed by atoms with Crippen molar-refractivity contribution in [3.8, 4) is 0 Å². The molecule has 0 amide bonds. The Bertz CT molecular complexity index is 113. The molecule has 3 nitrogen and oxygen atoms in total. The number of ether oxygens (including phenoxy) is 1. The molecule has 46 valence electrons. The molecule has 2 N–H and O–H groups in total. The van der Waals surface area contributed by atoms with E-state index in [-0.39, 0.29) is 17.9 Å². The van der Waals surface area contributed by atoms with Crippen molar-refractivity contribution in [1.82, 2.24) is 0 Å². The largest absolute Gasteiger partial charge is 0.464 e. The van der Waals surface area contributed by atoms with E-state index in [0.717, 1.165) is 0 Å². The number of nitrogens with two attached hydrogens (primary N) is 1. The molecule has 1 rings (SSSR count). The van der Waals surface area contributed by atoms with E-state index < -0.39 is 0 Å². The summed E-state index contributed by atoms with van der Waals surface area (Å²) in [5.74, 6) is -0.0694. The first-order valence-corrected chi connectivity index (χ1v) is 2.64. The molecule has 1 aliphatic rings. The highest BCUT2D eigenvalue weighted by Crippen LogP contribution is 2.10. The van der Waals surface area contributed by atoms with Gasteiger partial charge in [-0.3, -0.25) is 4.79 Å². The van der Waals surface area contributed by atoms with Gasteiger partial charge in [0.15, 0.2) is 0 Å². The van der Waals surface area contributed by atoms with Gasteiger partial charge < -0.3 is 10.5 Å². The average molecular weight is 115 g/mol. The van der Waals surface area contributed by atoms with Crippen LogP contribution in [0.1, 0.15) is 6.92 Å². The summed E-state index contributed by atoms with van der Waals surface area (Å²) in [7, 11) is 0. The van der Waals surface area contributed by atoms with Gasteiger partial charge in [-0.15, -0.1) is 0 Å². The zero-order valence-electron chi connectivity index (χ0n) is 4.76. The minimum absolute atomic E-state index is 0.197. The van der Waals surface area contributed by atoms with E-state index >= 15 is 0 Å². The van der Waals surface area contributed by atoms with Crippen molar-refractivity contribution < 1.29 is 9.53 Å². The van der Waals surface area contributed by atoms with Gasteiger partial charge in [0.05, 0.1) is 6.61 Å². The van der Waals surface area contributed by atoms with Crippen LogP contribution in [0.4, 0.5) is 0 Å². The third-order valence-corrected chi connectivity index (χ3v) is 1.37. The summed E-state index contributed by atoms with van der Waals surface area (Å²) in [5, 5.41) is 0. The normalized spacial score (nSPS) is 37.5. The smallest absolute Gasteiger partial charge is 0.323 e. The summed E-state index contributed by atoms with van der Waals surface area (Å²) in [6.07, 6.45) is 0. The second-order valence-electron chi connectivity index (χ2n) is 2.13. The molecule has 0 aromatic heterocycles. The Balaban J connectivity index is 2.56. The maximum absolute atomic E-state index is 10.4. The number of carbonyl (C=O) groups excluding carboxylic acids is 1. The molecule has 0 aromatic carbocycles. The first-order chi connectivity index (χ1) is 3.72. The highest BCUT2D eigenvalue weighted by Gasteiger charge is 2.29. The van der Waals surface area contributed by atoms with Crippen LogP contribution in [0.2, 0.25) is 0 Å². The van der Waals surface area contributed by atoms with E-state index in [1.165, 1.54) is 0 Å². The van der Waals surface area contributed by atoms with Gasteiger partial charge in [0, 0.05) is 5.92 Å². The van der Waals surface area contributed by atoms with E-state index in [9.17, 15) is 4.79 Å². The molecular formula is C5H9NO2. The third-order valence-electron chi connectivity index (χ3n) is 1.37. The van der Waals surface area contributed by atoms with Gasteiger partial charge in [-0.05, 0) is 0 Å². The van der Waals surface area contributed by atoms with E-state index in [1.54, 1.807) is 0 Å².